The summed E-state index contributed by atoms with van der Waals surface area (Å²) in [7, 11) is -3.30. The first kappa shape index (κ1) is 22.6. The van der Waals surface area contributed by atoms with E-state index in [2.05, 4.69) is 5.32 Å². The van der Waals surface area contributed by atoms with Gasteiger partial charge in [-0.05, 0) is 47.0 Å². The minimum Gasteiger partial charge on any atom is -0.326 e. The maximum absolute atomic E-state index is 13.2. The third kappa shape index (κ3) is 5.52. The lowest BCUT2D eigenvalue weighted by molar-refractivity contribution is -0.137. The normalized spacial score (nSPS) is 11.9. The third-order valence-electron chi connectivity index (χ3n) is 4.74. The van der Waals surface area contributed by atoms with Crippen LogP contribution >= 0.6 is 0 Å². The number of amides is 1. The fraction of sp³-hybridized carbons (Fsp3) is 0.174. The average molecular weight is 447 g/mol. The molecule has 0 saturated heterocycles. The number of benzene rings is 3. The number of halogens is 3. The quantitative estimate of drug-likeness (QED) is 0.554. The minimum atomic E-state index is -4.46. The molecule has 162 valence electrons. The summed E-state index contributed by atoms with van der Waals surface area (Å²) in [5.74, 6) is -0.328. The highest BCUT2D eigenvalue weighted by atomic mass is 32.2. The van der Waals surface area contributed by atoms with E-state index in [0.29, 0.717) is 16.8 Å². The van der Waals surface area contributed by atoms with E-state index in [1.165, 1.54) is 54.6 Å². The van der Waals surface area contributed by atoms with Gasteiger partial charge in [-0.2, -0.15) is 13.2 Å². The van der Waals surface area contributed by atoms with Crippen LogP contribution in [0.2, 0.25) is 0 Å². The maximum Gasteiger partial charge on any atom is 0.417 e. The highest BCUT2D eigenvalue weighted by Gasteiger charge is 2.33. The van der Waals surface area contributed by atoms with E-state index in [1.807, 2.05) is 0 Å². The average Bonchev–Trinajstić information content (AvgIpc) is 2.74. The number of carbonyl (C=O) groups is 1. The third-order valence-corrected chi connectivity index (χ3v) is 6.49. The molecular weight excluding hydrogens is 427 g/mol. The molecule has 0 saturated carbocycles. The van der Waals surface area contributed by atoms with E-state index in [9.17, 15) is 26.4 Å². The van der Waals surface area contributed by atoms with E-state index >= 15 is 0 Å². The molecule has 0 radical (unpaired) electrons. The Kier molecular flexibility index (Phi) is 6.50. The van der Waals surface area contributed by atoms with Crippen LogP contribution in [-0.2, 0) is 27.2 Å². The zero-order valence-corrected chi connectivity index (χ0v) is 17.4. The number of hydrogen-bond donors (Lipinski definition) is 1. The Labute approximate surface area is 178 Å². The SMILES string of the molecule is CCS(=O)(=O)c1ccc(CC(=O)Nc2ccc(-c3ccccc3C(F)(F)F)cc2)cc1. The topological polar surface area (TPSA) is 63.2 Å². The van der Waals surface area contributed by atoms with Gasteiger partial charge in [0.25, 0.3) is 0 Å². The van der Waals surface area contributed by atoms with Crippen LogP contribution in [0.4, 0.5) is 18.9 Å². The van der Waals surface area contributed by atoms with Crippen LogP contribution in [0.5, 0.6) is 0 Å². The largest absolute Gasteiger partial charge is 0.417 e. The number of hydrogen-bond acceptors (Lipinski definition) is 3. The number of alkyl halides is 3. The standard InChI is InChI=1S/C23H20F3NO3S/c1-2-31(29,30)19-13-7-16(8-14-19)15-22(28)27-18-11-9-17(10-12-18)20-5-3-4-6-21(20)23(24,25)26/h3-14H,2,15H2,1H3,(H,27,28). The van der Waals surface area contributed by atoms with Crippen molar-refractivity contribution in [3.05, 3.63) is 83.9 Å². The summed E-state index contributed by atoms with van der Waals surface area (Å²) >= 11 is 0. The van der Waals surface area contributed by atoms with Crippen LogP contribution in [0.25, 0.3) is 11.1 Å². The Morgan fingerprint density at radius 1 is 0.903 bits per heavy atom. The first-order valence-corrected chi connectivity index (χ1v) is 11.1. The van der Waals surface area contributed by atoms with Crippen molar-refractivity contribution in [3.63, 3.8) is 0 Å². The number of anilines is 1. The molecule has 0 heterocycles. The predicted molar refractivity (Wildman–Crippen MR) is 113 cm³/mol. The van der Waals surface area contributed by atoms with Crippen molar-refractivity contribution in [1.82, 2.24) is 0 Å². The molecule has 0 bridgehead atoms. The lowest BCUT2D eigenvalue weighted by Crippen LogP contribution is -2.14. The van der Waals surface area contributed by atoms with Crippen molar-refractivity contribution in [2.75, 3.05) is 11.1 Å². The van der Waals surface area contributed by atoms with Gasteiger partial charge in [-0.25, -0.2) is 8.42 Å². The summed E-state index contributed by atoms with van der Waals surface area (Å²) in [6.07, 6.45) is -4.43. The van der Waals surface area contributed by atoms with Crippen LogP contribution in [0, 0.1) is 0 Å². The molecule has 8 heteroatoms. The minimum absolute atomic E-state index is 0.00370. The summed E-state index contributed by atoms with van der Waals surface area (Å²) in [4.78, 5) is 12.5. The molecule has 0 spiro atoms. The zero-order chi connectivity index (χ0) is 22.6. The van der Waals surface area contributed by atoms with Gasteiger partial charge >= 0.3 is 6.18 Å². The summed E-state index contributed by atoms with van der Waals surface area (Å²) in [5, 5.41) is 2.69. The Hall–Kier alpha value is -3.13. The number of sulfone groups is 1. The van der Waals surface area contributed by atoms with Crippen molar-refractivity contribution in [3.8, 4) is 11.1 Å². The molecule has 0 atom stereocenters. The van der Waals surface area contributed by atoms with Crippen molar-refractivity contribution in [1.29, 1.82) is 0 Å². The molecule has 1 N–H and O–H groups in total. The Bertz CT molecular complexity index is 1170. The second-order valence-corrected chi connectivity index (χ2v) is 9.17. The predicted octanol–water partition coefficient (Wildman–Crippen LogP) is 5.35. The highest BCUT2D eigenvalue weighted by Crippen LogP contribution is 2.37. The summed E-state index contributed by atoms with van der Waals surface area (Å²) in [6.45, 7) is 1.56. The molecule has 4 nitrogen and oxygen atoms in total. The van der Waals surface area contributed by atoms with Crippen molar-refractivity contribution < 1.29 is 26.4 Å². The van der Waals surface area contributed by atoms with Crippen molar-refractivity contribution in [2.24, 2.45) is 0 Å². The first-order chi connectivity index (χ1) is 14.6. The van der Waals surface area contributed by atoms with Crippen molar-refractivity contribution in [2.45, 2.75) is 24.4 Å². The zero-order valence-electron chi connectivity index (χ0n) is 16.6. The molecule has 3 aromatic carbocycles. The van der Waals surface area contributed by atoms with Crippen LogP contribution in [-0.4, -0.2) is 20.1 Å². The fourth-order valence-electron chi connectivity index (χ4n) is 3.09. The van der Waals surface area contributed by atoms with E-state index in [4.69, 9.17) is 0 Å². The van der Waals surface area contributed by atoms with Crippen LogP contribution in [0.1, 0.15) is 18.1 Å². The molecule has 0 aliphatic heterocycles. The molecule has 1 amide bonds. The fourth-order valence-corrected chi connectivity index (χ4v) is 3.97. The smallest absolute Gasteiger partial charge is 0.326 e. The molecular formula is C23H20F3NO3S. The molecule has 31 heavy (non-hydrogen) atoms. The second-order valence-electron chi connectivity index (χ2n) is 6.89. The molecule has 0 aliphatic carbocycles. The van der Waals surface area contributed by atoms with Gasteiger partial charge in [0, 0.05) is 5.69 Å². The number of nitrogens with one attached hydrogen (secondary N) is 1. The van der Waals surface area contributed by atoms with Gasteiger partial charge in [0.15, 0.2) is 9.84 Å². The van der Waals surface area contributed by atoms with Crippen LogP contribution in [0.15, 0.2) is 77.7 Å². The van der Waals surface area contributed by atoms with E-state index in [0.717, 1.165) is 6.07 Å². The molecule has 0 unspecified atom stereocenters. The Balaban J connectivity index is 1.69. The van der Waals surface area contributed by atoms with Gasteiger partial charge in [0.1, 0.15) is 0 Å². The first-order valence-electron chi connectivity index (χ1n) is 9.48. The number of rotatable bonds is 6. The lowest BCUT2D eigenvalue weighted by Gasteiger charge is -2.13. The molecule has 0 aliphatic rings. The Morgan fingerprint density at radius 3 is 2.10 bits per heavy atom. The summed E-state index contributed by atoms with van der Waals surface area (Å²) < 4.78 is 63.3. The molecule has 0 aromatic heterocycles. The number of carbonyl (C=O) groups excluding carboxylic acids is 1. The van der Waals surface area contributed by atoms with Gasteiger partial charge in [-0.1, -0.05) is 49.4 Å². The monoisotopic (exact) mass is 447 g/mol. The Morgan fingerprint density at radius 2 is 1.52 bits per heavy atom. The van der Waals surface area contributed by atoms with E-state index < -0.39 is 21.6 Å². The lowest BCUT2D eigenvalue weighted by atomic mass is 9.99. The van der Waals surface area contributed by atoms with E-state index in [1.54, 1.807) is 19.1 Å². The molecule has 3 aromatic rings. The summed E-state index contributed by atoms with van der Waals surface area (Å²) in [6, 6.07) is 17.5. The van der Waals surface area contributed by atoms with Crippen molar-refractivity contribution >= 4 is 21.4 Å². The van der Waals surface area contributed by atoms with Crippen LogP contribution in [0.3, 0.4) is 0 Å². The second kappa shape index (κ2) is 8.93. The van der Waals surface area contributed by atoms with Gasteiger partial charge < -0.3 is 5.32 Å². The highest BCUT2D eigenvalue weighted by molar-refractivity contribution is 7.91. The van der Waals surface area contributed by atoms with Gasteiger partial charge in [0.2, 0.25) is 5.91 Å². The molecule has 3 rings (SSSR count). The molecule has 0 fully saturated rings. The van der Waals surface area contributed by atoms with E-state index in [-0.39, 0.29) is 28.5 Å². The van der Waals surface area contributed by atoms with Crippen LogP contribution < -0.4 is 5.32 Å². The van der Waals surface area contributed by atoms with Gasteiger partial charge in [-0.3, -0.25) is 4.79 Å². The summed E-state index contributed by atoms with van der Waals surface area (Å²) in [5.41, 5.74) is 0.820. The maximum atomic E-state index is 13.2. The van der Waals surface area contributed by atoms with Gasteiger partial charge in [-0.15, -0.1) is 0 Å². The van der Waals surface area contributed by atoms with Gasteiger partial charge in [0.05, 0.1) is 22.6 Å².